The largest absolute Gasteiger partial charge is 0.322 e. The summed E-state index contributed by atoms with van der Waals surface area (Å²) < 4.78 is 13.2. The van der Waals surface area contributed by atoms with Crippen LogP contribution in [0, 0.1) is 5.82 Å². The molecule has 0 aliphatic carbocycles. The molecule has 2 amide bonds. The molecule has 1 aliphatic rings. The molecule has 0 unspecified atom stereocenters. The topological polar surface area (TPSA) is 49.4 Å². The van der Waals surface area contributed by atoms with Crippen LogP contribution in [-0.2, 0) is 4.79 Å². The number of rotatable bonds is 4. The van der Waals surface area contributed by atoms with Gasteiger partial charge in [0.25, 0.3) is 5.91 Å². The first-order valence-corrected chi connectivity index (χ1v) is 10.8. The number of hydrogen-bond acceptors (Lipinski definition) is 3. The molecule has 0 aromatic heterocycles. The lowest BCUT2D eigenvalue weighted by molar-refractivity contribution is -0.115. The summed E-state index contributed by atoms with van der Waals surface area (Å²) in [7, 11) is 0. The third-order valence-corrected chi connectivity index (χ3v) is 6.36. The fourth-order valence-corrected chi connectivity index (χ4v) is 4.83. The maximum atomic E-state index is 13.2. The summed E-state index contributed by atoms with van der Waals surface area (Å²) >= 11 is 13.5. The predicted molar refractivity (Wildman–Crippen MR) is 120 cm³/mol. The standard InChI is InChI=1S/C22H15Cl2FN2O2S/c23-14-3-10-18(19(24)11-14)21(29)26-16-6-1-13(2-7-16)22-27(20(28)12-30-22)17-8-4-15(25)5-9-17/h1-11,22H,12H2,(H,26,29)/t22-/m1/s1. The number of benzene rings is 3. The maximum Gasteiger partial charge on any atom is 0.257 e. The normalized spacial score (nSPS) is 16.0. The van der Waals surface area contributed by atoms with Gasteiger partial charge in [-0.2, -0.15) is 0 Å². The number of thioether (sulfide) groups is 1. The van der Waals surface area contributed by atoms with Gasteiger partial charge in [-0.1, -0.05) is 35.3 Å². The van der Waals surface area contributed by atoms with Gasteiger partial charge in [0.05, 0.1) is 16.3 Å². The van der Waals surface area contributed by atoms with Crippen molar-refractivity contribution in [1.82, 2.24) is 0 Å². The van der Waals surface area contributed by atoms with Crippen LogP contribution in [0.5, 0.6) is 0 Å². The lowest BCUT2D eigenvalue weighted by Crippen LogP contribution is -2.27. The number of carbonyl (C=O) groups is 2. The fourth-order valence-electron chi connectivity index (χ4n) is 3.15. The zero-order valence-corrected chi connectivity index (χ0v) is 17.8. The molecule has 0 radical (unpaired) electrons. The molecule has 4 rings (SSSR count). The summed E-state index contributed by atoms with van der Waals surface area (Å²) in [5.41, 5.74) is 2.46. The lowest BCUT2D eigenvalue weighted by atomic mass is 10.1. The van der Waals surface area contributed by atoms with E-state index < -0.39 is 0 Å². The van der Waals surface area contributed by atoms with Gasteiger partial charge in [-0.3, -0.25) is 14.5 Å². The van der Waals surface area contributed by atoms with Gasteiger partial charge < -0.3 is 5.32 Å². The highest BCUT2D eigenvalue weighted by atomic mass is 35.5. The van der Waals surface area contributed by atoms with E-state index >= 15 is 0 Å². The van der Waals surface area contributed by atoms with Gasteiger partial charge >= 0.3 is 0 Å². The highest BCUT2D eigenvalue weighted by molar-refractivity contribution is 8.00. The monoisotopic (exact) mass is 460 g/mol. The Bertz CT molecular complexity index is 1110. The molecule has 0 spiro atoms. The minimum Gasteiger partial charge on any atom is -0.322 e. The molecule has 0 bridgehead atoms. The minimum atomic E-state index is -0.351. The van der Waals surface area contributed by atoms with Crippen molar-refractivity contribution in [3.05, 3.63) is 93.7 Å². The van der Waals surface area contributed by atoms with Gasteiger partial charge in [0, 0.05) is 16.4 Å². The summed E-state index contributed by atoms with van der Waals surface area (Å²) in [6, 6.07) is 17.8. The van der Waals surface area contributed by atoms with Crippen molar-refractivity contribution < 1.29 is 14.0 Å². The van der Waals surface area contributed by atoms with Crippen LogP contribution in [0.15, 0.2) is 66.7 Å². The third kappa shape index (κ3) is 4.31. The van der Waals surface area contributed by atoms with E-state index in [4.69, 9.17) is 23.2 Å². The first kappa shape index (κ1) is 20.7. The zero-order chi connectivity index (χ0) is 21.3. The van der Waals surface area contributed by atoms with E-state index in [1.54, 1.807) is 41.3 Å². The second kappa shape index (κ2) is 8.68. The number of amides is 2. The molecule has 1 atom stereocenters. The summed E-state index contributed by atoms with van der Waals surface area (Å²) in [5.74, 6) is -0.389. The van der Waals surface area contributed by atoms with Crippen LogP contribution in [0.2, 0.25) is 10.0 Å². The van der Waals surface area contributed by atoms with Crippen molar-refractivity contribution in [3.8, 4) is 0 Å². The lowest BCUT2D eigenvalue weighted by Gasteiger charge is -2.24. The van der Waals surface area contributed by atoms with Crippen LogP contribution in [-0.4, -0.2) is 17.6 Å². The number of nitrogens with one attached hydrogen (secondary N) is 1. The summed E-state index contributed by atoms with van der Waals surface area (Å²) in [4.78, 5) is 26.5. The summed E-state index contributed by atoms with van der Waals surface area (Å²) in [5, 5.41) is 3.30. The summed E-state index contributed by atoms with van der Waals surface area (Å²) in [6.07, 6.45) is 0. The van der Waals surface area contributed by atoms with Crippen LogP contribution in [0.4, 0.5) is 15.8 Å². The van der Waals surface area contributed by atoms with Crippen molar-refractivity contribution in [3.63, 3.8) is 0 Å². The van der Waals surface area contributed by atoms with E-state index in [9.17, 15) is 14.0 Å². The predicted octanol–water partition coefficient (Wildman–Crippen LogP) is 6.16. The zero-order valence-electron chi connectivity index (χ0n) is 15.4. The minimum absolute atomic E-state index is 0.0358. The van der Waals surface area contributed by atoms with E-state index in [2.05, 4.69) is 5.32 Å². The van der Waals surface area contributed by atoms with Gasteiger partial charge in [0.2, 0.25) is 5.91 Å². The highest BCUT2D eigenvalue weighted by Gasteiger charge is 2.34. The Labute approximate surface area is 187 Å². The van der Waals surface area contributed by atoms with Gasteiger partial charge in [0.15, 0.2) is 0 Å². The molecule has 3 aromatic carbocycles. The first-order valence-electron chi connectivity index (χ1n) is 8.98. The van der Waals surface area contributed by atoms with Crippen LogP contribution in [0.1, 0.15) is 21.3 Å². The second-order valence-corrected chi connectivity index (χ2v) is 8.52. The van der Waals surface area contributed by atoms with Gasteiger partial charge in [-0.15, -0.1) is 11.8 Å². The van der Waals surface area contributed by atoms with Crippen LogP contribution < -0.4 is 10.2 Å². The Kier molecular flexibility index (Phi) is 5.99. The Morgan fingerprint density at radius 1 is 1.03 bits per heavy atom. The number of carbonyl (C=O) groups excluding carboxylic acids is 2. The van der Waals surface area contributed by atoms with E-state index in [-0.39, 0.29) is 28.0 Å². The number of nitrogens with zero attached hydrogens (tertiary/aromatic N) is 1. The van der Waals surface area contributed by atoms with E-state index in [1.807, 2.05) is 12.1 Å². The van der Waals surface area contributed by atoms with E-state index in [0.29, 0.717) is 27.7 Å². The van der Waals surface area contributed by atoms with E-state index in [1.165, 1.54) is 30.0 Å². The average Bonchev–Trinajstić information content (AvgIpc) is 3.10. The van der Waals surface area contributed by atoms with Crippen molar-refractivity contribution in [2.24, 2.45) is 0 Å². The van der Waals surface area contributed by atoms with Gasteiger partial charge in [-0.05, 0) is 60.2 Å². The Balaban J connectivity index is 1.52. The maximum absolute atomic E-state index is 13.2. The molecule has 1 heterocycles. The van der Waals surface area contributed by atoms with Gasteiger partial charge in [-0.25, -0.2) is 4.39 Å². The quantitative estimate of drug-likeness (QED) is 0.506. The molecule has 1 fully saturated rings. The van der Waals surface area contributed by atoms with Crippen LogP contribution in [0.25, 0.3) is 0 Å². The van der Waals surface area contributed by atoms with Crippen LogP contribution >= 0.6 is 35.0 Å². The Morgan fingerprint density at radius 2 is 1.73 bits per heavy atom. The van der Waals surface area contributed by atoms with Crippen molar-refractivity contribution in [2.45, 2.75) is 5.37 Å². The smallest absolute Gasteiger partial charge is 0.257 e. The Hall–Kier alpha value is -2.54. The van der Waals surface area contributed by atoms with E-state index in [0.717, 1.165) is 5.56 Å². The highest BCUT2D eigenvalue weighted by Crippen LogP contribution is 2.42. The van der Waals surface area contributed by atoms with Crippen LogP contribution in [0.3, 0.4) is 0 Å². The first-order chi connectivity index (χ1) is 14.4. The molecule has 30 heavy (non-hydrogen) atoms. The number of halogens is 3. The molecule has 1 N–H and O–H groups in total. The van der Waals surface area contributed by atoms with Crippen molar-refractivity contribution in [1.29, 1.82) is 0 Å². The van der Waals surface area contributed by atoms with Crippen molar-refractivity contribution >= 4 is 58.2 Å². The second-order valence-electron chi connectivity index (χ2n) is 6.60. The number of hydrogen-bond donors (Lipinski definition) is 1. The molecule has 0 saturated carbocycles. The fraction of sp³-hybridized carbons (Fsp3) is 0.0909. The molecule has 3 aromatic rings. The third-order valence-electron chi connectivity index (χ3n) is 4.60. The molecule has 1 aliphatic heterocycles. The SMILES string of the molecule is O=C(Nc1ccc([C@H]2SCC(=O)N2c2ccc(F)cc2)cc1)c1ccc(Cl)cc1Cl. The molecular formula is C22H15Cl2FN2O2S. The van der Waals surface area contributed by atoms with Gasteiger partial charge in [0.1, 0.15) is 11.2 Å². The molecule has 152 valence electrons. The molecular weight excluding hydrogens is 446 g/mol. The summed E-state index contributed by atoms with van der Waals surface area (Å²) in [6.45, 7) is 0. The molecule has 8 heteroatoms. The van der Waals surface area contributed by atoms with Crippen molar-refractivity contribution in [2.75, 3.05) is 16.0 Å². The number of anilines is 2. The average molecular weight is 461 g/mol. The Morgan fingerprint density at radius 3 is 2.40 bits per heavy atom. The molecule has 4 nitrogen and oxygen atoms in total. The molecule has 1 saturated heterocycles.